The number of thioether (sulfide) groups is 2. The van der Waals surface area contributed by atoms with Gasteiger partial charge in [0.2, 0.25) is 0 Å². The summed E-state index contributed by atoms with van der Waals surface area (Å²) in [5, 5.41) is 10.7. The van der Waals surface area contributed by atoms with E-state index in [2.05, 4.69) is 6.92 Å². The normalized spacial score (nSPS) is 27.7. The lowest BCUT2D eigenvalue weighted by Gasteiger charge is -2.31. The van der Waals surface area contributed by atoms with Crippen molar-refractivity contribution in [3.8, 4) is 0 Å². The summed E-state index contributed by atoms with van der Waals surface area (Å²) in [6.07, 6.45) is -0.700. The molecule has 0 bridgehead atoms. The van der Waals surface area contributed by atoms with Crippen molar-refractivity contribution >= 4 is 23.5 Å². The Morgan fingerprint density at radius 3 is 2.69 bits per heavy atom. The molecule has 1 aromatic carbocycles. The summed E-state index contributed by atoms with van der Waals surface area (Å²) in [5.74, 6) is 1.84. The van der Waals surface area contributed by atoms with Crippen molar-refractivity contribution in [1.29, 1.82) is 0 Å². The van der Waals surface area contributed by atoms with Crippen LogP contribution in [-0.2, 0) is 0 Å². The highest BCUT2D eigenvalue weighted by molar-refractivity contribution is 8.07. The summed E-state index contributed by atoms with van der Waals surface area (Å²) in [4.78, 5) is 0. The topological polar surface area (TPSA) is 20.2 Å². The van der Waals surface area contributed by atoms with Gasteiger partial charge in [0.05, 0.1) is 6.10 Å². The van der Waals surface area contributed by atoms with Gasteiger partial charge < -0.3 is 5.11 Å². The molecule has 1 heterocycles. The summed E-state index contributed by atoms with van der Waals surface area (Å²) < 4.78 is 13.5. The van der Waals surface area contributed by atoms with Gasteiger partial charge in [0, 0.05) is 27.6 Å². The Kier molecular flexibility index (Phi) is 4.16. The molecule has 0 aliphatic carbocycles. The van der Waals surface area contributed by atoms with Gasteiger partial charge in [0.25, 0.3) is 0 Å². The molecule has 16 heavy (non-hydrogen) atoms. The van der Waals surface area contributed by atoms with Crippen LogP contribution in [0, 0.1) is 5.82 Å². The van der Waals surface area contributed by atoms with Crippen LogP contribution in [0.1, 0.15) is 18.6 Å². The fourth-order valence-corrected chi connectivity index (χ4v) is 4.71. The first-order valence-electron chi connectivity index (χ1n) is 5.36. The van der Waals surface area contributed by atoms with Crippen LogP contribution in [0.3, 0.4) is 0 Å². The lowest BCUT2D eigenvalue weighted by atomic mass is 10.0. The Balaban J connectivity index is 2.17. The second kappa shape index (κ2) is 5.43. The van der Waals surface area contributed by atoms with Gasteiger partial charge in [-0.3, -0.25) is 0 Å². The molecule has 1 N–H and O–H groups in total. The second-order valence-electron chi connectivity index (χ2n) is 3.88. The monoisotopic (exact) mass is 258 g/mol. The van der Waals surface area contributed by atoms with Gasteiger partial charge in [-0.05, 0) is 6.07 Å². The Morgan fingerprint density at radius 1 is 1.31 bits per heavy atom. The number of rotatable bonds is 2. The van der Waals surface area contributed by atoms with Gasteiger partial charge in [-0.15, -0.1) is 0 Å². The highest BCUT2D eigenvalue weighted by Crippen LogP contribution is 2.38. The predicted octanol–water partition coefficient (Wildman–Crippen LogP) is 3.10. The minimum Gasteiger partial charge on any atom is -0.387 e. The van der Waals surface area contributed by atoms with Gasteiger partial charge >= 0.3 is 0 Å². The molecule has 1 aliphatic rings. The molecule has 1 aromatic rings. The fraction of sp³-hybridized carbons (Fsp3) is 0.500. The van der Waals surface area contributed by atoms with Crippen molar-refractivity contribution in [3.05, 3.63) is 35.6 Å². The van der Waals surface area contributed by atoms with E-state index in [-0.39, 0.29) is 11.1 Å². The summed E-state index contributed by atoms with van der Waals surface area (Å²) >= 11 is 3.60. The number of hydrogen-bond acceptors (Lipinski definition) is 3. The number of aliphatic hydroxyl groups excluding tert-OH is 1. The van der Waals surface area contributed by atoms with Crippen LogP contribution in [-0.4, -0.2) is 27.1 Å². The molecule has 3 unspecified atom stereocenters. The van der Waals surface area contributed by atoms with E-state index in [0.29, 0.717) is 10.8 Å². The van der Waals surface area contributed by atoms with Crippen molar-refractivity contribution in [2.75, 3.05) is 11.5 Å². The molecular weight excluding hydrogens is 243 g/mol. The third-order valence-electron chi connectivity index (χ3n) is 2.77. The zero-order valence-electron chi connectivity index (χ0n) is 9.10. The summed E-state index contributed by atoms with van der Waals surface area (Å²) in [7, 11) is 0. The van der Waals surface area contributed by atoms with Gasteiger partial charge in [0.15, 0.2) is 0 Å². The molecule has 0 spiro atoms. The van der Waals surface area contributed by atoms with E-state index in [1.165, 1.54) is 6.07 Å². The molecule has 0 amide bonds. The minimum atomic E-state index is -0.700. The maximum absolute atomic E-state index is 13.5. The van der Waals surface area contributed by atoms with E-state index in [1.807, 2.05) is 11.8 Å². The van der Waals surface area contributed by atoms with Crippen LogP contribution < -0.4 is 0 Å². The molecule has 1 saturated heterocycles. The first-order chi connectivity index (χ1) is 7.70. The van der Waals surface area contributed by atoms with E-state index in [9.17, 15) is 9.50 Å². The Hall–Kier alpha value is -0.190. The maximum Gasteiger partial charge on any atom is 0.129 e. The second-order valence-corrected chi connectivity index (χ2v) is 6.65. The molecule has 0 radical (unpaired) electrons. The third kappa shape index (κ3) is 2.55. The Morgan fingerprint density at radius 2 is 2.00 bits per heavy atom. The van der Waals surface area contributed by atoms with E-state index in [1.54, 1.807) is 30.0 Å². The predicted molar refractivity (Wildman–Crippen MR) is 69.5 cm³/mol. The van der Waals surface area contributed by atoms with Crippen LogP contribution in [0.4, 0.5) is 4.39 Å². The van der Waals surface area contributed by atoms with Crippen molar-refractivity contribution in [2.24, 2.45) is 0 Å². The largest absolute Gasteiger partial charge is 0.387 e. The highest BCUT2D eigenvalue weighted by atomic mass is 32.2. The molecule has 2 rings (SSSR count). The minimum absolute atomic E-state index is 0.0932. The lowest BCUT2D eigenvalue weighted by Crippen LogP contribution is -2.29. The van der Waals surface area contributed by atoms with E-state index < -0.39 is 6.10 Å². The SMILES string of the molecule is CC1SCCSC1C(O)c1ccccc1F. The number of hydrogen-bond donors (Lipinski definition) is 1. The smallest absolute Gasteiger partial charge is 0.129 e. The van der Waals surface area contributed by atoms with Crippen molar-refractivity contribution in [3.63, 3.8) is 0 Å². The van der Waals surface area contributed by atoms with Crippen LogP contribution in [0.25, 0.3) is 0 Å². The average Bonchev–Trinajstić information content (AvgIpc) is 2.29. The van der Waals surface area contributed by atoms with E-state index in [0.717, 1.165) is 11.5 Å². The van der Waals surface area contributed by atoms with Crippen LogP contribution in [0.15, 0.2) is 24.3 Å². The van der Waals surface area contributed by atoms with Gasteiger partial charge in [-0.1, -0.05) is 25.1 Å². The molecule has 1 fully saturated rings. The molecule has 0 saturated carbocycles. The number of halogens is 1. The summed E-state index contributed by atoms with van der Waals surface area (Å²) in [6.45, 7) is 2.10. The summed E-state index contributed by atoms with van der Waals surface area (Å²) in [6, 6.07) is 6.50. The number of benzene rings is 1. The first-order valence-corrected chi connectivity index (χ1v) is 7.45. The molecule has 88 valence electrons. The van der Waals surface area contributed by atoms with Gasteiger partial charge in [0.1, 0.15) is 5.82 Å². The van der Waals surface area contributed by atoms with Crippen LogP contribution in [0.2, 0.25) is 0 Å². The molecule has 4 heteroatoms. The molecule has 1 aliphatic heterocycles. The maximum atomic E-state index is 13.5. The van der Waals surface area contributed by atoms with Gasteiger partial charge in [-0.25, -0.2) is 4.39 Å². The average molecular weight is 258 g/mol. The van der Waals surface area contributed by atoms with Crippen molar-refractivity contribution < 1.29 is 9.50 Å². The van der Waals surface area contributed by atoms with Crippen LogP contribution >= 0.6 is 23.5 Å². The molecule has 1 nitrogen and oxygen atoms in total. The summed E-state index contributed by atoms with van der Waals surface area (Å²) in [5.41, 5.74) is 0.425. The Bertz CT molecular complexity index is 359. The van der Waals surface area contributed by atoms with Gasteiger partial charge in [-0.2, -0.15) is 23.5 Å². The lowest BCUT2D eigenvalue weighted by molar-refractivity contribution is 0.169. The zero-order valence-corrected chi connectivity index (χ0v) is 10.7. The fourth-order valence-electron chi connectivity index (χ4n) is 1.89. The van der Waals surface area contributed by atoms with E-state index >= 15 is 0 Å². The van der Waals surface area contributed by atoms with Crippen LogP contribution in [0.5, 0.6) is 0 Å². The molecular formula is C12H15FOS2. The standard InChI is InChI=1S/C12H15FOS2/c1-8-12(16-7-6-15-8)11(14)9-4-2-3-5-10(9)13/h2-5,8,11-12,14H,6-7H2,1H3. The third-order valence-corrected chi connectivity index (χ3v) is 5.95. The number of aliphatic hydroxyl groups is 1. The Labute approximate surface area is 104 Å². The highest BCUT2D eigenvalue weighted by Gasteiger charge is 2.31. The van der Waals surface area contributed by atoms with Crippen molar-refractivity contribution in [2.45, 2.75) is 23.5 Å². The zero-order chi connectivity index (χ0) is 11.5. The van der Waals surface area contributed by atoms with Crippen molar-refractivity contribution in [1.82, 2.24) is 0 Å². The quantitative estimate of drug-likeness (QED) is 0.880. The molecule has 3 atom stereocenters. The first kappa shape index (κ1) is 12.3. The van der Waals surface area contributed by atoms with E-state index in [4.69, 9.17) is 0 Å². The molecule has 0 aromatic heterocycles.